The summed E-state index contributed by atoms with van der Waals surface area (Å²) in [6.45, 7) is 4.74. The molecule has 0 radical (unpaired) electrons. The molecule has 0 aliphatic heterocycles. The van der Waals surface area contributed by atoms with E-state index in [2.05, 4.69) is 166 Å². The Morgan fingerprint density at radius 2 is 0.981 bits per heavy atom. The molecule has 2 heterocycles. The summed E-state index contributed by atoms with van der Waals surface area (Å²) in [4.78, 5) is 0. The second kappa shape index (κ2) is 10.4. The number of thiophene rings is 1. The van der Waals surface area contributed by atoms with Crippen LogP contribution in [-0.2, 0) is 5.41 Å². The number of para-hydroxylation sites is 1. The molecule has 2 heteroatoms. The summed E-state index contributed by atoms with van der Waals surface area (Å²) in [5.41, 5.74) is 12.2. The van der Waals surface area contributed by atoms with Crippen LogP contribution in [0, 0.1) is 0 Å². The highest BCUT2D eigenvalue weighted by molar-refractivity contribution is 7.25. The van der Waals surface area contributed by atoms with Crippen LogP contribution in [0.15, 0.2) is 162 Å². The highest BCUT2D eigenvalue weighted by atomic mass is 32.1. The third-order valence-corrected chi connectivity index (χ3v) is 13.2. The van der Waals surface area contributed by atoms with Crippen molar-refractivity contribution in [3.05, 3.63) is 169 Å². The molecule has 0 saturated heterocycles. The molecule has 0 unspecified atom stereocenters. The van der Waals surface area contributed by atoms with Crippen molar-refractivity contribution in [2.75, 3.05) is 0 Å². The molecule has 0 amide bonds. The number of rotatable bonds is 2. The second-order valence-corrected chi connectivity index (χ2v) is 16.3. The van der Waals surface area contributed by atoms with E-state index in [0.717, 1.165) is 11.2 Å². The van der Waals surface area contributed by atoms with Gasteiger partial charge in [0.05, 0.1) is 0 Å². The number of fused-ring (bicyclic) bond motifs is 13. The van der Waals surface area contributed by atoms with Crippen LogP contribution in [-0.4, -0.2) is 0 Å². The first-order chi connectivity index (χ1) is 26.0. The topological polar surface area (TPSA) is 13.1 Å². The Balaban J connectivity index is 1.09. The fourth-order valence-electron chi connectivity index (χ4n) is 9.54. The zero-order valence-corrected chi connectivity index (χ0v) is 30.1. The molecule has 11 aromatic rings. The molecule has 2 aromatic heterocycles. The van der Waals surface area contributed by atoms with E-state index >= 15 is 0 Å². The Kier molecular flexibility index (Phi) is 5.78. The van der Waals surface area contributed by atoms with Crippen LogP contribution in [0.1, 0.15) is 25.0 Å². The number of hydrogen-bond acceptors (Lipinski definition) is 2. The Hall–Kier alpha value is -6.22. The van der Waals surface area contributed by atoms with Gasteiger partial charge in [0, 0.05) is 41.7 Å². The van der Waals surface area contributed by atoms with Crippen molar-refractivity contribution in [2.45, 2.75) is 19.3 Å². The summed E-state index contributed by atoms with van der Waals surface area (Å²) in [5, 5.41) is 12.5. The summed E-state index contributed by atoms with van der Waals surface area (Å²) in [6, 6.07) is 58.7. The predicted molar refractivity (Wildman–Crippen MR) is 228 cm³/mol. The van der Waals surface area contributed by atoms with Gasteiger partial charge in [0.1, 0.15) is 11.2 Å². The maximum Gasteiger partial charge on any atom is 0.143 e. The van der Waals surface area contributed by atoms with Gasteiger partial charge in [0.2, 0.25) is 0 Å². The molecule has 53 heavy (non-hydrogen) atoms. The van der Waals surface area contributed by atoms with E-state index < -0.39 is 0 Å². The maximum atomic E-state index is 6.51. The summed E-state index contributed by atoms with van der Waals surface area (Å²) in [7, 11) is 0. The molecule has 0 saturated carbocycles. The van der Waals surface area contributed by atoms with Crippen molar-refractivity contribution in [3.8, 4) is 33.4 Å². The van der Waals surface area contributed by atoms with Crippen LogP contribution in [0.25, 0.3) is 108 Å². The lowest BCUT2D eigenvalue weighted by Gasteiger charge is -2.22. The van der Waals surface area contributed by atoms with E-state index in [1.165, 1.54) is 108 Å². The lowest BCUT2D eigenvalue weighted by molar-refractivity contribution is 0.660. The first-order valence-corrected chi connectivity index (χ1v) is 19.2. The Morgan fingerprint density at radius 3 is 1.72 bits per heavy atom. The average molecular weight is 693 g/mol. The Morgan fingerprint density at radius 1 is 0.415 bits per heavy atom. The quantitative estimate of drug-likeness (QED) is 0.164. The lowest BCUT2D eigenvalue weighted by atomic mass is 9.81. The molecule has 12 rings (SSSR count). The molecule has 9 aromatic carbocycles. The molecule has 1 aliphatic carbocycles. The Labute approximate surface area is 310 Å². The molecule has 0 fully saturated rings. The number of furan rings is 1. The molecule has 0 N–H and O–H groups in total. The van der Waals surface area contributed by atoms with Crippen LogP contribution >= 0.6 is 11.3 Å². The van der Waals surface area contributed by atoms with Crippen LogP contribution < -0.4 is 0 Å². The summed E-state index contributed by atoms with van der Waals surface area (Å²) in [6.07, 6.45) is 0. The molecule has 0 spiro atoms. The van der Waals surface area contributed by atoms with Gasteiger partial charge in [0.25, 0.3) is 0 Å². The van der Waals surface area contributed by atoms with E-state index in [-0.39, 0.29) is 5.41 Å². The van der Waals surface area contributed by atoms with Crippen molar-refractivity contribution >= 4 is 85.8 Å². The van der Waals surface area contributed by atoms with Crippen LogP contribution in [0.3, 0.4) is 0 Å². The lowest BCUT2D eigenvalue weighted by Crippen LogP contribution is -2.14. The molecule has 1 nitrogen and oxygen atoms in total. The van der Waals surface area contributed by atoms with Crippen LogP contribution in [0.4, 0.5) is 0 Å². The second-order valence-electron chi connectivity index (χ2n) is 15.2. The predicted octanol–water partition coefficient (Wildman–Crippen LogP) is 15.1. The van der Waals surface area contributed by atoms with E-state index in [4.69, 9.17) is 4.42 Å². The van der Waals surface area contributed by atoms with Crippen molar-refractivity contribution in [3.63, 3.8) is 0 Å². The highest BCUT2D eigenvalue weighted by Crippen LogP contribution is 2.53. The molecular formula is C51H32OS. The monoisotopic (exact) mass is 692 g/mol. The fourth-order valence-corrected chi connectivity index (χ4v) is 10.7. The molecule has 1 aliphatic rings. The van der Waals surface area contributed by atoms with Crippen molar-refractivity contribution in [1.82, 2.24) is 0 Å². The third-order valence-electron chi connectivity index (χ3n) is 12.0. The normalized spacial score (nSPS) is 13.6. The number of hydrogen-bond donors (Lipinski definition) is 0. The zero-order valence-electron chi connectivity index (χ0n) is 29.3. The first-order valence-electron chi connectivity index (χ1n) is 18.4. The fraction of sp³-hybridized carbons (Fsp3) is 0.0588. The molecule has 248 valence electrons. The smallest absolute Gasteiger partial charge is 0.143 e. The van der Waals surface area contributed by atoms with Gasteiger partial charge in [-0.1, -0.05) is 129 Å². The summed E-state index contributed by atoms with van der Waals surface area (Å²) in [5.74, 6) is 0. The van der Waals surface area contributed by atoms with E-state index in [0.29, 0.717) is 0 Å². The van der Waals surface area contributed by atoms with Crippen molar-refractivity contribution in [1.29, 1.82) is 0 Å². The molecule has 0 atom stereocenters. The van der Waals surface area contributed by atoms with Gasteiger partial charge in [-0.3, -0.25) is 0 Å². The van der Waals surface area contributed by atoms with Gasteiger partial charge in [-0.05, 0) is 114 Å². The average Bonchev–Trinajstić information content (AvgIpc) is 3.83. The van der Waals surface area contributed by atoms with Crippen molar-refractivity contribution in [2.24, 2.45) is 0 Å². The van der Waals surface area contributed by atoms with E-state index in [1.54, 1.807) is 0 Å². The van der Waals surface area contributed by atoms with Gasteiger partial charge in [0.15, 0.2) is 0 Å². The first kappa shape index (κ1) is 29.4. The SMILES string of the molecule is CC1(C)c2ccc(-c3c4ccccc4c(-c4ccc5c(c4)sc4ccccc45)c4ccccc34)cc2-c2cc3ccc4c5ccccc5oc4c3cc21. The van der Waals surface area contributed by atoms with Crippen LogP contribution in [0.2, 0.25) is 0 Å². The van der Waals surface area contributed by atoms with Gasteiger partial charge >= 0.3 is 0 Å². The third kappa shape index (κ3) is 3.96. The number of benzene rings is 9. The molecule has 0 bridgehead atoms. The standard InChI is InChI=1S/C51H32OS/c1-51(2)43-24-21-30(26-41(43)42-25-29-19-23-39-32-11-7-9-17-45(32)52-50(39)40(29)28-44(42)51)48-35-13-3-5-15-37(35)49(38-16-6-4-14-36(38)48)31-20-22-34-33-12-8-10-18-46(33)53-47(34)27-31/h3-28H,1-2H3. The zero-order chi connectivity index (χ0) is 35.0. The molecular weight excluding hydrogens is 661 g/mol. The summed E-state index contributed by atoms with van der Waals surface area (Å²) >= 11 is 1.88. The van der Waals surface area contributed by atoms with Gasteiger partial charge in [-0.2, -0.15) is 0 Å². The minimum absolute atomic E-state index is 0.148. The van der Waals surface area contributed by atoms with E-state index in [9.17, 15) is 0 Å². The van der Waals surface area contributed by atoms with Crippen molar-refractivity contribution < 1.29 is 4.42 Å². The highest BCUT2D eigenvalue weighted by Gasteiger charge is 2.36. The van der Waals surface area contributed by atoms with Gasteiger partial charge in [-0.25, -0.2) is 0 Å². The minimum Gasteiger partial charge on any atom is -0.455 e. The van der Waals surface area contributed by atoms with Gasteiger partial charge in [-0.15, -0.1) is 11.3 Å². The Bertz CT molecular complexity index is 3320. The summed E-state index contributed by atoms with van der Waals surface area (Å²) < 4.78 is 9.17. The minimum atomic E-state index is -0.148. The van der Waals surface area contributed by atoms with E-state index in [1.807, 2.05) is 17.4 Å². The maximum absolute atomic E-state index is 6.51. The largest absolute Gasteiger partial charge is 0.455 e. The van der Waals surface area contributed by atoms with Crippen LogP contribution in [0.5, 0.6) is 0 Å². The van der Waals surface area contributed by atoms with Gasteiger partial charge < -0.3 is 4.42 Å².